The van der Waals surface area contributed by atoms with Crippen molar-refractivity contribution in [3.05, 3.63) is 24.4 Å². The van der Waals surface area contributed by atoms with Gasteiger partial charge in [0.1, 0.15) is 5.82 Å². The van der Waals surface area contributed by atoms with E-state index in [1.165, 1.54) is 0 Å². The summed E-state index contributed by atoms with van der Waals surface area (Å²) in [5.74, 6) is 1.08. The number of nitrogens with two attached hydrogens (primary N) is 1. The molecule has 0 aromatic carbocycles. The Labute approximate surface area is 103 Å². The number of nitrogens with zero attached hydrogens (tertiary/aromatic N) is 3. The molecule has 0 atom stereocenters. The molecule has 94 valence electrons. The number of aromatic nitrogens is 1. The Balaban J connectivity index is 1.86. The van der Waals surface area contributed by atoms with Gasteiger partial charge in [-0.15, -0.1) is 0 Å². The zero-order valence-electron chi connectivity index (χ0n) is 10.8. The Kier molecular flexibility index (Phi) is 3.64. The highest BCUT2D eigenvalue weighted by Crippen LogP contribution is 2.13. The van der Waals surface area contributed by atoms with E-state index in [2.05, 4.69) is 34.7 Å². The third-order valence-electron chi connectivity index (χ3n) is 2.98. The van der Waals surface area contributed by atoms with Crippen molar-refractivity contribution in [1.82, 2.24) is 9.88 Å². The molecular weight excluding hydrogens is 212 g/mol. The summed E-state index contributed by atoms with van der Waals surface area (Å²) in [5, 5.41) is 0. The third kappa shape index (κ3) is 3.68. The van der Waals surface area contributed by atoms with Crippen molar-refractivity contribution in [1.29, 1.82) is 0 Å². The van der Waals surface area contributed by atoms with E-state index in [-0.39, 0.29) is 5.54 Å². The van der Waals surface area contributed by atoms with E-state index < -0.39 is 0 Å². The molecule has 1 fully saturated rings. The first kappa shape index (κ1) is 12.3. The fourth-order valence-corrected chi connectivity index (χ4v) is 2.25. The smallest absolute Gasteiger partial charge is 0.128 e. The lowest BCUT2D eigenvalue weighted by molar-refractivity contribution is 0.214. The Morgan fingerprint density at radius 1 is 1.24 bits per heavy atom. The molecule has 0 spiro atoms. The standard InChI is InChI=1S/C13H22N4/c1-13(2,14)11-16-7-9-17(10-8-16)12-5-3-4-6-15-12/h3-6H,7-11,14H2,1-2H3. The Morgan fingerprint density at radius 3 is 2.47 bits per heavy atom. The van der Waals surface area contributed by atoms with Gasteiger partial charge in [0.2, 0.25) is 0 Å². The Bertz CT molecular complexity index is 336. The number of anilines is 1. The highest BCUT2D eigenvalue weighted by Gasteiger charge is 2.22. The molecule has 1 aliphatic rings. The summed E-state index contributed by atoms with van der Waals surface area (Å²) in [6, 6.07) is 6.07. The molecule has 2 N–H and O–H groups in total. The van der Waals surface area contributed by atoms with E-state index in [4.69, 9.17) is 5.73 Å². The Morgan fingerprint density at radius 2 is 1.94 bits per heavy atom. The van der Waals surface area contributed by atoms with Gasteiger partial charge in [0.25, 0.3) is 0 Å². The van der Waals surface area contributed by atoms with Crippen molar-refractivity contribution >= 4 is 5.82 Å². The quantitative estimate of drug-likeness (QED) is 0.845. The summed E-state index contributed by atoms with van der Waals surface area (Å²) >= 11 is 0. The predicted molar refractivity (Wildman–Crippen MR) is 71.2 cm³/mol. The summed E-state index contributed by atoms with van der Waals surface area (Å²) in [7, 11) is 0. The predicted octanol–water partition coefficient (Wildman–Crippen LogP) is 0.941. The zero-order valence-corrected chi connectivity index (χ0v) is 10.8. The molecule has 0 radical (unpaired) electrons. The van der Waals surface area contributed by atoms with Crippen LogP contribution >= 0.6 is 0 Å². The largest absolute Gasteiger partial charge is 0.354 e. The first-order chi connectivity index (χ1) is 8.04. The molecule has 0 bridgehead atoms. The van der Waals surface area contributed by atoms with Gasteiger partial charge in [0, 0.05) is 44.5 Å². The summed E-state index contributed by atoms with van der Waals surface area (Å²) < 4.78 is 0. The van der Waals surface area contributed by atoms with Crippen LogP contribution in [0.5, 0.6) is 0 Å². The summed E-state index contributed by atoms with van der Waals surface area (Å²) in [4.78, 5) is 9.15. The maximum atomic E-state index is 6.04. The number of rotatable bonds is 3. The molecule has 17 heavy (non-hydrogen) atoms. The number of hydrogen-bond donors (Lipinski definition) is 1. The highest BCUT2D eigenvalue weighted by atomic mass is 15.3. The van der Waals surface area contributed by atoms with Gasteiger partial charge in [-0.2, -0.15) is 0 Å². The van der Waals surface area contributed by atoms with Crippen molar-refractivity contribution in [2.75, 3.05) is 37.6 Å². The third-order valence-corrected chi connectivity index (χ3v) is 2.98. The fraction of sp³-hybridized carbons (Fsp3) is 0.615. The molecule has 0 aliphatic carbocycles. The van der Waals surface area contributed by atoms with Crippen LogP contribution in [-0.2, 0) is 0 Å². The molecular formula is C13H22N4. The van der Waals surface area contributed by atoms with E-state index in [9.17, 15) is 0 Å². The van der Waals surface area contributed by atoms with Crippen LogP contribution in [0.15, 0.2) is 24.4 Å². The van der Waals surface area contributed by atoms with Crippen molar-refractivity contribution in [2.45, 2.75) is 19.4 Å². The average Bonchev–Trinajstić information content (AvgIpc) is 2.29. The molecule has 1 saturated heterocycles. The van der Waals surface area contributed by atoms with Gasteiger partial charge in [-0.1, -0.05) is 6.07 Å². The second kappa shape index (κ2) is 5.02. The van der Waals surface area contributed by atoms with Crippen molar-refractivity contribution in [2.24, 2.45) is 5.73 Å². The second-order valence-electron chi connectivity index (χ2n) is 5.44. The van der Waals surface area contributed by atoms with E-state index >= 15 is 0 Å². The normalized spacial score (nSPS) is 18.4. The molecule has 2 rings (SSSR count). The van der Waals surface area contributed by atoms with Crippen molar-refractivity contribution in [3.63, 3.8) is 0 Å². The summed E-state index contributed by atoms with van der Waals surface area (Å²) in [6.07, 6.45) is 1.85. The molecule has 0 amide bonds. The topological polar surface area (TPSA) is 45.4 Å². The van der Waals surface area contributed by atoms with Gasteiger partial charge in [0.15, 0.2) is 0 Å². The molecule has 4 heteroatoms. The van der Waals surface area contributed by atoms with Gasteiger partial charge >= 0.3 is 0 Å². The van der Waals surface area contributed by atoms with Crippen LogP contribution in [-0.4, -0.2) is 48.1 Å². The van der Waals surface area contributed by atoms with Gasteiger partial charge in [-0.25, -0.2) is 4.98 Å². The average molecular weight is 234 g/mol. The van der Waals surface area contributed by atoms with Crippen LogP contribution in [0.3, 0.4) is 0 Å². The van der Waals surface area contributed by atoms with Gasteiger partial charge in [-0.3, -0.25) is 4.90 Å². The number of pyridine rings is 1. The molecule has 0 unspecified atom stereocenters. The number of hydrogen-bond acceptors (Lipinski definition) is 4. The SMILES string of the molecule is CC(C)(N)CN1CCN(c2ccccn2)CC1. The summed E-state index contributed by atoms with van der Waals surface area (Å²) in [5.41, 5.74) is 5.94. The molecule has 1 aliphatic heterocycles. The van der Waals surface area contributed by atoms with Crippen LogP contribution in [0.2, 0.25) is 0 Å². The molecule has 4 nitrogen and oxygen atoms in total. The van der Waals surface area contributed by atoms with Crippen LogP contribution in [0.1, 0.15) is 13.8 Å². The minimum Gasteiger partial charge on any atom is -0.354 e. The monoisotopic (exact) mass is 234 g/mol. The van der Waals surface area contributed by atoms with E-state index in [1.807, 2.05) is 18.3 Å². The lowest BCUT2D eigenvalue weighted by Crippen LogP contribution is -2.53. The lowest BCUT2D eigenvalue weighted by atomic mass is 10.1. The molecule has 0 saturated carbocycles. The minimum atomic E-state index is -0.104. The van der Waals surface area contributed by atoms with E-state index in [0.29, 0.717) is 0 Å². The van der Waals surface area contributed by atoms with Gasteiger partial charge in [0.05, 0.1) is 0 Å². The van der Waals surface area contributed by atoms with E-state index in [1.54, 1.807) is 0 Å². The maximum absolute atomic E-state index is 6.04. The fourth-order valence-electron chi connectivity index (χ4n) is 2.25. The summed E-state index contributed by atoms with van der Waals surface area (Å²) in [6.45, 7) is 9.33. The van der Waals surface area contributed by atoms with Crippen LogP contribution in [0.4, 0.5) is 5.82 Å². The first-order valence-electron chi connectivity index (χ1n) is 6.22. The lowest BCUT2D eigenvalue weighted by Gasteiger charge is -2.38. The zero-order chi connectivity index (χ0) is 12.3. The van der Waals surface area contributed by atoms with Crippen LogP contribution in [0, 0.1) is 0 Å². The second-order valence-corrected chi connectivity index (χ2v) is 5.44. The Hall–Kier alpha value is -1.13. The molecule has 1 aromatic rings. The van der Waals surface area contributed by atoms with Crippen molar-refractivity contribution in [3.8, 4) is 0 Å². The van der Waals surface area contributed by atoms with Gasteiger partial charge in [-0.05, 0) is 26.0 Å². The molecule has 2 heterocycles. The van der Waals surface area contributed by atoms with E-state index in [0.717, 1.165) is 38.5 Å². The maximum Gasteiger partial charge on any atom is 0.128 e. The minimum absolute atomic E-state index is 0.104. The number of piperazine rings is 1. The van der Waals surface area contributed by atoms with Crippen molar-refractivity contribution < 1.29 is 0 Å². The van der Waals surface area contributed by atoms with Crippen LogP contribution < -0.4 is 10.6 Å². The highest BCUT2D eigenvalue weighted by molar-refractivity contribution is 5.38. The van der Waals surface area contributed by atoms with Crippen LogP contribution in [0.25, 0.3) is 0 Å². The molecule has 1 aromatic heterocycles. The first-order valence-corrected chi connectivity index (χ1v) is 6.22. The van der Waals surface area contributed by atoms with Gasteiger partial charge < -0.3 is 10.6 Å².